The van der Waals surface area contributed by atoms with Crippen molar-refractivity contribution in [1.82, 2.24) is 5.43 Å². The van der Waals surface area contributed by atoms with Gasteiger partial charge < -0.3 is 4.74 Å². The van der Waals surface area contributed by atoms with Gasteiger partial charge in [-0.25, -0.2) is 5.43 Å². The van der Waals surface area contributed by atoms with E-state index in [9.17, 15) is 4.79 Å². The van der Waals surface area contributed by atoms with Crippen LogP contribution in [0, 0.1) is 0 Å². The molecule has 0 aromatic heterocycles. The highest BCUT2D eigenvalue weighted by Crippen LogP contribution is 2.13. The molecule has 0 saturated carbocycles. The van der Waals surface area contributed by atoms with Gasteiger partial charge >= 0.3 is 0 Å². The number of nitrogens with zero attached hydrogens (tertiary/aromatic N) is 1. The molecule has 1 N–H and O–H groups in total. The van der Waals surface area contributed by atoms with Crippen LogP contribution in [0.1, 0.15) is 5.56 Å². The molecule has 2 aromatic carbocycles. The summed E-state index contributed by atoms with van der Waals surface area (Å²) < 4.78 is 6.21. The van der Waals surface area contributed by atoms with Gasteiger partial charge in [-0.1, -0.05) is 52.3 Å². The molecule has 5 heteroatoms. The molecule has 0 heterocycles. The van der Waals surface area contributed by atoms with Crippen molar-refractivity contribution in [2.75, 3.05) is 6.61 Å². The van der Waals surface area contributed by atoms with Crippen molar-refractivity contribution < 1.29 is 9.53 Å². The molecule has 1 amide bonds. The fourth-order valence-corrected chi connectivity index (χ4v) is 1.84. The lowest BCUT2D eigenvalue weighted by molar-refractivity contribution is -0.123. The molecule has 0 fully saturated rings. The zero-order valence-corrected chi connectivity index (χ0v) is 12.2. The Bertz CT molecular complexity index is 600. The number of hydrogen-bond acceptors (Lipinski definition) is 3. The van der Waals surface area contributed by atoms with E-state index in [2.05, 4.69) is 26.5 Å². The summed E-state index contributed by atoms with van der Waals surface area (Å²) in [5.74, 6) is 0.342. The molecule has 2 rings (SSSR count). The monoisotopic (exact) mass is 332 g/mol. The first-order chi connectivity index (χ1) is 9.75. The molecule has 0 atom stereocenters. The van der Waals surface area contributed by atoms with Crippen LogP contribution < -0.4 is 10.2 Å². The van der Waals surface area contributed by atoms with Gasteiger partial charge in [-0.2, -0.15) is 5.10 Å². The molecule has 0 aliphatic rings. The van der Waals surface area contributed by atoms with Crippen LogP contribution in [-0.2, 0) is 4.79 Å². The quantitative estimate of drug-likeness (QED) is 0.676. The van der Waals surface area contributed by atoms with Crippen LogP contribution in [0.5, 0.6) is 5.75 Å². The zero-order chi connectivity index (χ0) is 14.2. The van der Waals surface area contributed by atoms with Gasteiger partial charge in [-0.3, -0.25) is 4.79 Å². The van der Waals surface area contributed by atoms with Gasteiger partial charge in [-0.15, -0.1) is 0 Å². The van der Waals surface area contributed by atoms with Gasteiger partial charge in [0.25, 0.3) is 5.91 Å². The first-order valence-corrected chi connectivity index (χ1v) is 6.79. The van der Waals surface area contributed by atoms with Crippen molar-refractivity contribution in [2.24, 2.45) is 5.10 Å². The lowest BCUT2D eigenvalue weighted by Crippen LogP contribution is -2.24. The summed E-state index contributed by atoms with van der Waals surface area (Å²) in [4.78, 5) is 11.5. The number of benzene rings is 2. The highest BCUT2D eigenvalue weighted by molar-refractivity contribution is 9.10. The predicted molar refractivity (Wildman–Crippen MR) is 81.8 cm³/mol. The van der Waals surface area contributed by atoms with Crippen LogP contribution in [-0.4, -0.2) is 18.7 Å². The molecule has 4 nitrogen and oxygen atoms in total. The topological polar surface area (TPSA) is 50.7 Å². The Morgan fingerprint density at radius 3 is 2.60 bits per heavy atom. The number of carbonyl (C=O) groups is 1. The van der Waals surface area contributed by atoms with Gasteiger partial charge in [0.05, 0.1) is 6.21 Å². The molecule has 0 spiro atoms. The maximum atomic E-state index is 11.5. The fraction of sp³-hybridized carbons (Fsp3) is 0.0667. The Labute approximate surface area is 125 Å². The van der Waals surface area contributed by atoms with E-state index in [4.69, 9.17) is 4.74 Å². The molecule has 0 aliphatic carbocycles. The van der Waals surface area contributed by atoms with E-state index in [0.29, 0.717) is 5.75 Å². The van der Waals surface area contributed by atoms with Gasteiger partial charge in [-0.05, 0) is 18.2 Å². The molecule has 0 aliphatic heterocycles. The summed E-state index contributed by atoms with van der Waals surface area (Å²) in [6, 6.07) is 16.8. The van der Waals surface area contributed by atoms with E-state index in [1.54, 1.807) is 18.3 Å². The minimum atomic E-state index is -0.308. The van der Waals surface area contributed by atoms with Crippen molar-refractivity contribution in [1.29, 1.82) is 0 Å². The second-order valence-corrected chi connectivity index (χ2v) is 4.77. The van der Waals surface area contributed by atoms with Crippen LogP contribution >= 0.6 is 15.9 Å². The number of rotatable bonds is 5. The Morgan fingerprint density at radius 2 is 1.85 bits per heavy atom. The van der Waals surface area contributed by atoms with Gasteiger partial charge in [0.1, 0.15) is 5.75 Å². The van der Waals surface area contributed by atoms with Crippen LogP contribution in [0.15, 0.2) is 64.2 Å². The van der Waals surface area contributed by atoms with E-state index < -0.39 is 0 Å². The number of ether oxygens (including phenoxy) is 1. The molecular weight excluding hydrogens is 320 g/mol. The maximum absolute atomic E-state index is 11.5. The Hall–Kier alpha value is -2.14. The predicted octanol–water partition coefficient (Wildman–Crippen LogP) is 2.98. The Morgan fingerprint density at radius 1 is 1.15 bits per heavy atom. The summed E-state index contributed by atoms with van der Waals surface area (Å²) >= 11 is 3.40. The number of para-hydroxylation sites is 1. The van der Waals surface area contributed by atoms with Crippen molar-refractivity contribution in [2.45, 2.75) is 0 Å². The number of nitrogens with one attached hydrogen (secondary N) is 1. The number of halogens is 1. The summed E-state index contributed by atoms with van der Waals surface area (Å²) in [7, 11) is 0. The summed E-state index contributed by atoms with van der Waals surface area (Å²) in [6.07, 6.45) is 1.57. The molecule has 0 unspecified atom stereocenters. The summed E-state index contributed by atoms with van der Waals surface area (Å²) in [5, 5.41) is 3.88. The number of carbonyl (C=O) groups excluding carboxylic acids is 1. The minimum absolute atomic E-state index is 0.0721. The highest BCUT2D eigenvalue weighted by Gasteiger charge is 2.00. The molecule has 0 saturated heterocycles. The van der Waals surface area contributed by atoms with Crippen molar-refractivity contribution >= 4 is 28.1 Å². The standard InChI is InChI=1S/C15H13BrN2O2/c16-14-9-5-4-6-12(14)10-17-18-15(19)11-20-13-7-2-1-3-8-13/h1-10H,11H2,(H,18,19)/b17-10-. The SMILES string of the molecule is O=C(COc1ccccc1)N/N=C\c1ccccc1Br. The molecule has 0 bridgehead atoms. The van der Waals surface area contributed by atoms with Crippen LogP contribution in [0.4, 0.5) is 0 Å². The molecular formula is C15H13BrN2O2. The second kappa shape index (κ2) is 7.45. The van der Waals surface area contributed by atoms with Crippen LogP contribution in [0.2, 0.25) is 0 Å². The van der Waals surface area contributed by atoms with Gasteiger partial charge in [0.2, 0.25) is 0 Å². The van der Waals surface area contributed by atoms with E-state index in [1.807, 2.05) is 42.5 Å². The summed E-state index contributed by atoms with van der Waals surface area (Å²) in [5.41, 5.74) is 3.30. The summed E-state index contributed by atoms with van der Waals surface area (Å²) in [6.45, 7) is -0.0721. The van der Waals surface area contributed by atoms with Gasteiger partial charge in [0, 0.05) is 10.0 Å². The van der Waals surface area contributed by atoms with Gasteiger partial charge in [0.15, 0.2) is 6.61 Å². The highest BCUT2D eigenvalue weighted by atomic mass is 79.9. The third-order valence-corrected chi connectivity index (χ3v) is 3.13. The molecule has 2 aromatic rings. The second-order valence-electron chi connectivity index (χ2n) is 3.92. The van der Waals surface area contributed by atoms with E-state index >= 15 is 0 Å². The normalized spacial score (nSPS) is 10.4. The van der Waals surface area contributed by atoms with E-state index in [-0.39, 0.29) is 12.5 Å². The van der Waals surface area contributed by atoms with Crippen molar-refractivity contribution in [3.05, 3.63) is 64.6 Å². The maximum Gasteiger partial charge on any atom is 0.277 e. The van der Waals surface area contributed by atoms with Crippen LogP contribution in [0.3, 0.4) is 0 Å². The average molecular weight is 333 g/mol. The third-order valence-electron chi connectivity index (χ3n) is 2.41. The van der Waals surface area contributed by atoms with E-state index in [0.717, 1.165) is 10.0 Å². The zero-order valence-electron chi connectivity index (χ0n) is 10.6. The molecule has 20 heavy (non-hydrogen) atoms. The number of hydrazone groups is 1. The first kappa shape index (κ1) is 14.3. The first-order valence-electron chi connectivity index (χ1n) is 6.00. The van der Waals surface area contributed by atoms with E-state index in [1.165, 1.54) is 0 Å². The average Bonchev–Trinajstić information content (AvgIpc) is 2.48. The van der Waals surface area contributed by atoms with Crippen molar-refractivity contribution in [3.63, 3.8) is 0 Å². The Kier molecular flexibility index (Phi) is 5.32. The Balaban J connectivity index is 1.79. The number of amides is 1. The van der Waals surface area contributed by atoms with Crippen LogP contribution in [0.25, 0.3) is 0 Å². The third kappa shape index (κ3) is 4.51. The largest absolute Gasteiger partial charge is 0.484 e. The number of hydrogen-bond donors (Lipinski definition) is 1. The lowest BCUT2D eigenvalue weighted by atomic mass is 10.2. The molecule has 0 radical (unpaired) electrons. The minimum Gasteiger partial charge on any atom is -0.484 e. The fourth-order valence-electron chi connectivity index (χ4n) is 1.45. The smallest absolute Gasteiger partial charge is 0.277 e. The molecule has 102 valence electrons. The van der Waals surface area contributed by atoms with Crippen molar-refractivity contribution in [3.8, 4) is 5.75 Å². The lowest BCUT2D eigenvalue weighted by Gasteiger charge is -2.04.